The first kappa shape index (κ1) is 23.0. The molecule has 7 atom stereocenters. The van der Waals surface area contributed by atoms with Gasteiger partial charge in [-0.25, -0.2) is 0 Å². The van der Waals surface area contributed by atoms with E-state index in [-0.39, 0.29) is 16.7 Å². The second kappa shape index (κ2) is 6.66. The first-order valence-corrected chi connectivity index (χ1v) is 13.7. The van der Waals surface area contributed by atoms with Gasteiger partial charge in [-0.2, -0.15) is 0 Å². The number of carboxylic acid groups (broad SMARTS) is 1. The van der Waals surface area contributed by atoms with Crippen LogP contribution < -0.4 is 0 Å². The van der Waals surface area contributed by atoms with Crippen LogP contribution in [-0.2, 0) is 4.79 Å². The van der Waals surface area contributed by atoms with Crippen LogP contribution in [-0.4, -0.2) is 11.1 Å². The zero-order valence-corrected chi connectivity index (χ0v) is 21.9. The second-order valence-electron chi connectivity index (χ2n) is 15.0. The lowest BCUT2D eigenvalue weighted by molar-refractivity contribution is -0.187. The number of hydrogen-bond donors (Lipinski definition) is 1. The van der Waals surface area contributed by atoms with E-state index in [1.54, 1.807) is 5.57 Å². The fourth-order valence-electron chi connectivity index (χ4n) is 10.7. The normalized spacial score (nSPS) is 51.3. The predicted molar refractivity (Wildman–Crippen MR) is 131 cm³/mol. The third-order valence-corrected chi connectivity index (χ3v) is 12.8. The van der Waals surface area contributed by atoms with Gasteiger partial charge < -0.3 is 5.11 Å². The summed E-state index contributed by atoms with van der Waals surface area (Å²) in [5.74, 6) is 1.28. The molecule has 0 aromatic heterocycles. The van der Waals surface area contributed by atoms with E-state index in [9.17, 15) is 9.90 Å². The summed E-state index contributed by atoms with van der Waals surface area (Å²) in [6.07, 6.45) is 15.5. The minimum absolute atomic E-state index is 0.155. The lowest BCUT2D eigenvalue weighted by Crippen LogP contribution is -2.63. The Labute approximate surface area is 197 Å². The summed E-state index contributed by atoms with van der Waals surface area (Å²) in [7, 11) is 0. The Hall–Kier alpha value is -0.790. The van der Waals surface area contributed by atoms with Crippen LogP contribution in [0.25, 0.3) is 0 Å². The SMILES string of the molecule is CC1(C)CC[C@]2(C(=O)O)CC[C@]3(C)C(=CCC4[C@@]5(C)CCCC(C)(C)C5CC[C@]43C)C2C1. The molecular weight excluding hydrogens is 392 g/mol. The van der Waals surface area contributed by atoms with Crippen molar-refractivity contribution in [2.45, 2.75) is 119 Å². The van der Waals surface area contributed by atoms with Crippen LogP contribution in [0.1, 0.15) is 119 Å². The number of fused-ring (bicyclic) bond motifs is 7. The second-order valence-corrected chi connectivity index (χ2v) is 15.0. The largest absolute Gasteiger partial charge is 0.481 e. The fourth-order valence-corrected chi connectivity index (χ4v) is 10.7. The van der Waals surface area contributed by atoms with E-state index in [0.29, 0.717) is 16.2 Å². The van der Waals surface area contributed by atoms with E-state index in [1.807, 2.05) is 0 Å². The maximum atomic E-state index is 12.7. The van der Waals surface area contributed by atoms with Crippen molar-refractivity contribution in [2.24, 2.45) is 50.2 Å². The molecule has 0 heterocycles. The van der Waals surface area contributed by atoms with Gasteiger partial charge in [-0.1, -0.05) is 66.5 Å². The molecule has 0 amide bonds. The number of carboxylic acids is 1. The minimum Gasteiger partial charge on any atom is -0.481 e. The third-order valence-electron chi connectivity index (χ3n) is 12.8. The number of hydrogen-bond acceptors (Lipinski definition) is 1. The molecule has 2 nitrogen and oxygen atoms in total. The van der Waals surface area contributed by atoms with Gasteiger partial charge >= 0.3 is 5.97 Å². The highest BCUT2D eigenvalue weighted by molar-refractivity contribution is 5.76. The lowest BCUT2D eigenvalue weighted by Gasteiger charge is -2.70. The van der Waals surface area contributed by atoms with Crippen molar-refractivity contribution in [1.82, 2.24) is 0 Å². The van der Waals surface area contributed by atoms with Crippen molar-refractivity contribution in [3.8, 4) is 0 Å². The molecule has 3 unspecified atom stereocenters. The van der Waals surface area contributed by atoms with Gasteiger partial charge in [0, 0.05) is 0 Å². The fraction of sp³-hybridized carbons (Fsp3) is 0.900. The Bertz CT molecular complexity index is 851. The van der Waals surface area contributed by atoms with Crippen LogP contribution in [0.3, 0.4) is 0 Å². The Morgan fingerprint density at radius 1 is 0.875 bits per heavy atom. The molecular formula is C30H48O2. The summed E-state index contributed by atoms with van der Waals surface area (Å²) in [4.78, 5) is 12.7. The molecule has 1 N–H and O–H groups in total. The Morgan fingerprint density at radius 3 is 2.25 bits per heavy atom. The van der Waals surface area contributed by atoms with Crippen LogP contribution in [0, 0.1) is 50.2 Å². The van der Waals surface area contributed by atoms with E-state index in [4.69, 9.17) is 0 Å². The summed E-state index contributed by atoms with van der Waals surface area (Å²) in [6.45, 7) is 17.7. The van der Waals surface area contributed by atoms with Gasteiger partial charge in [0.2, 0.25) is 0 Å². The average Bonchev–Trinajstić information content (AvgIpc) is 2.67. The lowest BCUT2D eigenvalue weighted by atomic mass is 9.33. The predicted octanol–water partition coefficient (Wildman–Crippen LogP) is 8.26. The molecule has 0 aromatic rings. The Balaban J connectivity index is 1.60. The van der Waals surface area contributed by atoms with Crippen LogP contribution in [0.4, 0.5) is 0 Å². The van der Waals surface area contributed by atoms with Crippen LogP contribution >= 0.6 is 0 Å². The molecule has 0 aliphatic heterocycles. The van der Waals surface area contributed by atoms with Crippen LogP contribution in [0.5, 0.6) is 0 Å². The number of carbonyl (C=O) groups is 1. The van der Waals surface area contributed by atoms with Crippen LogP contribution in [0.2, 0.25) is 0 Å². The molecule has 0 bridgehead atoms. The number of rotatable bonds is 1. The molecule has 0 spiro atoms. The van der Waals surface area contributed by atoms with Gasteiger partial charge in [0.05, 0.1) is 5.41 Å². The summed E-state index contributed by atoms with van der Waals surface area (Å²) < 4.78 is 0. The molecule has 0 aromatic carbocycles. The highest BCUT2D eigenvalue weighted by atomic mass is 16.4. The maximum Gasteiger partial charge on any atom is 0.310 e. The quantitative estimate of drug-likeness (QED) is 0.417. The summed E-state index contributed by atoms with van der Waals surface area (Å²) in [5.41, 5.74) is 2.62. The molecule has 4 fully saturated rings. The topological polar surface area (TPSA) is 37.3 Å². The van der Waals surface area contributed by atoms with Crippen molar-refractivity contribution in [2.75, 3.05) is 0 Å². The molecule has 5 aliphatic rings. The van der Waals surface area contributed by atoms with Gasteiger partial charge in [-0.15, -0.1) is 0 Å². The van der Waals surface area contributed by atoms with E-state index in [0.717, 1.165) is 43.9 Å². The first-order chi connectivity index (χ1) is 14.7. The van der Waals surface area contributed by atoms with E-state index in [1.165, 1.54) is 38.5 Å². The maximum absolute atomic E-state index is 12.7. The van der Waals surface area contributed by atoms with Crippen LogP contribution in [0.15, 0.2) is 11.6 Å². The molecule has 5 rings (SSSR count). The van der Waals surface area contributed by atoms with Gasteiger partial charge in [0.25, 0.3) is 0 Å². The average molecular weight is 441 g/mol. The van der Waals surface area contributed by atoms with E-state index in [2.05, 4.69) is 54.5 Å². The summed E-state index contributed by atoms with van der Waals surface area (Å²) in [5, 5.41) is 10.5. The highest BCUT2D eigenvalue weighted by Gasteiger charge is 2.68. The monoisotopic (exact) mass is 440 g/mol. The molecule has 2 heteroatoms. The zero-order chi connectivity index (χ0) is 23.4. The van der Waals surface area contributed by atoms with Crippen molar-refractivity contribution in [3.05, 3.63) is 11.6 Å². The first-order valence-electron chi connectivity index (χ1n) is 13.7. The standard InChI is InChI=1S/C30H48O2/c1-25(2)15-17-30(24(31)32)18-16-28(6)20(21(30)19-25)9-10-23-27(5)13-8-12-26(3,4)22(27)11-14-29(23,28)7/h9,21-23H,8,10-19H2,1-7H3,(H,31,32)/t21?,22?,23?,27-,28+,29+,30-/m0/s1. The summed E-state index contributed by atoms with van der Waals surface area (Å²) >= 11 is 0. The molecule has 4 saturated carbocycles. The minimum atomic E-state index is -0.516. The van der Waals surface area contributed by atoms with Crippen molar-refractivity contribution >= 4 is 5.97 Å². The van der Waals surface area contributed by atoms with Gasteiger partial charge in [-0.3, -0.25) is 4.79 Å². The number of aliphatic carboxylic acids is 1. The zero-order valence-electron chi connectivity index (χ0n) is 21.9. The smallest absolute Gasteiger partial charge is 0.310 e. The highest BCUT2D eigenvalue weighted by Crippen LogP contribution is 2.75. The van der Waals surface area contributed by atoms with E-state index < -0.39 is 11.4 Å². The molecule has 5 aliphatic carbocycles. The number of allylic oxidation sites excluding steroid dienone is 2. The Kier molecular flexibility index (Phi) is 4.78. The van der Waals surface area contributed by atoms with Crippen molar-refractivity contribution in [3.63, 3.8) is 0 Å². The van der Waals surface area contributed by atoms with Crippen molar-refractivity contribution in [1.29, 1.82) is 0 Å². The van der Waals surface area contributed by atoms with Crippen molar-refractivity contribution < 1.29 is 9.90 Å². The molecule has 0 radical (unpaired) electrons. The molecule has 180 valence electrons. The van der Waals surface area contributed by atoms with Gasteiger partial charge in [0.15, 0.2) is 0 Å². The molecule has 0 saturated heterocycles. The Morgan fingerprint density at radius 2 is 1.56 bits per heavy atom. The van der Waals surface area contributed by atoms with E-state index >= 15 is 0 Å². The third kappa shape index (κ3) is 2.73. The van der Waals surface area contributed by atoms with Gasteiger partial charge in [-0.05, 0) is 109 Å². The summed E-state index contributed by atoms with van der Waals surface area (Å²) in [6, 6.07) is 0. The molecule has 32 heavy (non-hydrogen) atoms. The van der Waals surface area contributed by atoms with Gasteiger partial charge in [0.1, 0.15) is 0 Å².